The van der Waals surface area contributed by atoms with Gasteiger partial charge in [-0.15, -0.1) is 0 Å². The van der Waals surface area contributed by atoms with Crippen LogP contribution >= 0.6 is 0 Å². The fraction of sp³-hybridized carbons (Fsp3) is 0.353. The molecule has 0 aromatic heterocycles. The number of nitrogens with zero attached hydrogens (tertiary/aromatic N) is 4. The van der Waals surface area contributed by atoms with E-state index in [0.717, 1.165) is 0 Å². The molecule has 2 N–H and O–H groups in total. The van der Waals surface area contributed by atoms with E-state index in [4.69, 9.17) is 15.3 Å². The maximum Gasteiger partial charge on any atom is 0.411 e. The van der Waals surface area contributed by atoms with Crippen LogP contribution < -0.4 is 10.7 Å². The molecule has 1 aliphatic rings. The molecule has 2 rings (SSSR count). The highest BCUT2D eigenvalue weighted by Gasteiger charge is 2.27. The number of fused-ring (bicyclic) bond motifs is 1. The van der Waals surface area contributed by atoms with Crippen molar-refractivity contribution in [1.29, 1.82) is 10.5 Å². The number of amides is 2. The third-order valence-corrected chi connectivity index (χ3v) is 3.24. The summed E-state index contributed by atoms with van der Waals surface area (Å²) in [6, 6.07) is 8.25. The SMILES string of the molecule is CC(C)(C)OC(=O)N1CC(=O)Nc2ccc(NN=C(C#N)C#N)cc2C1. The van der Waals surface area contributed by atoms with E-state index in [2.05, 4.69) is 15.8 Å². The number of hydrogen-bond donors (Lipinski definition) is 2. The minimum absolute atomic E-state index is 0.127. The van der Waals surface area contributed by atoms with Gasteiger partial charge in [-0.2, -0.15) is 15.6 Å². The molecule has 1 aliphatic heterocycles. The van der Waals surface area contributed by atoms with E-state index < -0.39 is 11.7 Å². The predicted octanol–water partition coefficient (Wildman–Crippen LogP) is 2.19. The third-order valence-electron chi connectivity index (χ3n) is 3.24. The Morgan fingerprint density at radius 1 is 1.31 bits per heavy atom. The Morgan fingerprint density at radius 2 is 2.00 bits per heavy atom. The number of carbonyl (C=O) groups is 2. The molecule has 0 unspecified atom stereocenters. The highest BCUT2D eigenvalue weighted by molar-refractivity contribution is 6.10. The minimum Gasteiger partial charge on any atom is -0.444 e. The van der Waals surface area contributed by atoms with Gasteiger partial charge < -0.3 is 10.1 Å². The van der Waals surface area contributed by atoms with Gasteiger partial charge in [-0.3, -0.25) is 15.1 Å². The first-order chi connectivity index (χ1) is 12.2. The smallest absolute Gasteiger partial charge is 0.411 e. The fourth-order valence-corrected chi connectivity index (χ4v) is 2.19. The molecule has 0 saturated heterocycles. The molecular formula is C17H18N6O3. The van der Waals surface area contributed by atoms with Crippen LogP contribution in [0.4, 0.5) is 16.2 Å². The van der Waals surface area contributed by atoms with Crippen LogP contribution in [-0.4, -0.2) is 34.8 Å². The lowest BCUT2D eigenvalue weighted by atomic mass is 10.1. The molecule has 1 aromatic carbocycles. The van der Waals surface area contributed by atoms with Crippen molar-refractivity contribution >= 4 is 29.1 Å². The highest BCUT2D eigenvalue weighted by atomic mass is 16.6. The van der Waals surface area contributed by atoms with Crippen LogP contribution in [0.25, 0.3) is 0 Å². The maximum atomic E-state index is 12.3. The Kier molecular flexibility index (Phi) is 5.43. The van der Waals surface area contributed by atoms with E-state index in [-0.39, 0.29) is 24.7 Å². The summed E-state index contributed by atoms with van der Waals surface area (Å²) in [7, 11) is 0. The first-order valence-electron chi connectivity index (χ1n) is 7.76. The van der Waals surface area contributed by atoms with Gasteiger partial charge >= 0.3 is 6.09 Å². The molecule has 134 valence electrons. The van der Waals surface area contributed by atoms with Crippen LogP contribution in [0, 0.1) is 22.7 Å². The predicted molar refractivity (Wildman–Crippen MR) is 94.0 cm³/mol. The second-order valence-corrected chi connectivity index (χ2v) is 6.55. The summed E-state index contributed by atoms with van der Waals surface area (Å²) in [6.45, 7) is 5.28. The molecule has 0 aliphatic carbocycles. The van der Waals surface area contributed by atoms with Crippen molar-refractivity contribution in [2.24, 2.45) is 5.10 Å². The molecule has 9 heteroatoms. The van der Waals surface area contributed by atoms with E-state index in [0.29, 0.717) is 16.9 Å². The Hall–Kier alpha value is -3.59. The van der Waals surface area contributed by atoms with Gasteiger partial charge in [0.1, 0.15) is 24.3 Å². The molecule has 26 heavy (non-hydrogen) atoms. The first kappa shape index (κ1) is 18.7. The Labute approximate surface area is 150 Å². The van der Waals surface area contributed by atoms with Crippen molar-refractivity contribution < 1.29 is 14.3 Å². The Morgan fingerprint density at radius 3 is 2.62 bits per heavy atom. The number of nitriles is 2. The maximum absolute atomic E-state index is 12.3. The summed E-state index contributed by atoms with van der Waals surface area (Å²) in [5.74, 6) is -0.329. The lowest BCUT2D eigenvalue weighted by Crippen LogP contribution is -2.39. The molecule has 0 spiro atoms. The van der Waals surface area contributed by atoms with Gasteiger partial charge in [0.25, 0.3) is 0 Å². The van der Waals surface area contributed by atoms with Crippen LogP contribution in [0.5, 0.6) is 0 Å². The van der Waals surface area contributed by atoms with Gasteiger partial charge in [-0.1, -0.05) is 0 Å². The standard InChI is InChI=1S/C17H18N6O3/c1-17(2,3)26-16(25)23-9-11-6-12(21-22-13(7-18)8-19)4-5-14(11)20-15(24)10-23/h4-6,21H,9-10H2,1-3H3,(H,20,24). The molecule has 9 nitrogen and oxygen atoms in total. The molecular weight excluding hydrogens is 336 g/mol. The molecule has 0 fully saturated rings. The van der Waals surface area contributed by atoms with Crippen LogP contribution in [0.1, 0.15) is 26.3 Å². The molecule has 0 bridgehead atoms. The van der Waals surface area contributed by atoms with Crippen LogP contribution in [0.15, 0.2) is 23.3 Å². The number of benzene rings is 1. The average Bonchev–Trinajstić information content (AvgIpc) is 2.72. The number of nitrogens with one attached hydrogen (secondary N) is 2. The normalized spacial score (nSPS) is 13.3. The average molecular weight is 354 g/mol. The fourth-order valence-electron chi connectivity index (χ4n) is 2.19. The van der Waals surface area contributed by atoms with Crippen molar-refractivity contribution in [3.63, 3.8) is 0 Å². The zero-order valence-electron chi connectivity index (χ0n) is 14.7. The summed E-state index contributed by atoms with van der Waals surface area (Å²) >= 11 is 0. The molecule has 1 heterocycles. The van der Waals surface area contributed by atoms with Gasteiger partial charge in [0.15, 0.2) is 0 Å². The second kappa shape index (κ2) is 7.53. The zero-order chi connectivity index (χ0) is 19.3. The van der Waals surface area contributed by atoms with E-state index in [1.165, 1.54) is 4.90 Å². The van der Waals surface area contributed by atoms with E-state index in [1.807, 2.05) is 0 Å². The van der Waals surface area contributed by atoms with E-state index in [9.17, 15) is 9.59 Å². The Balaban J connectivity index is 2.25. The summed E-state index contributed by atoms with van der Waals surface area (Å²) in [4.78, 5) is 25.6. The molecule has 0 atom stereocenters. The number of anilines is 2. The van der Waals surface area contributed by atoms with Gasteiger partial charge in [0.2, 0.25) is 11.6 Å². The van der Waals surface area contributed by atoms with Crippen molar-refractivity contribution in [3.05, 3.63) is 23.8 Å². The van der Waals surface area contributed by atoms with Gasteiger partial charge in [-0.05, 0) is 44.5 Å². The van der Waals surface area contributed by atoms with E-state index in [1.54, 1.807) is 51.1 Å². The molecule has 2 amide bonds. The van der Waals surface area contributed by atoms with Crippen molar-refractivity contribution in [1.82, 2.24) is 4.90 Å². The zero-order valence-corrected chi connectivity index (χ0v) is 14.7. The van der Waals surface area contributed by atoms with Crippen molar-refractivity contribution in [3.8, 4) is 12.1 Å². The number of ether oxygens (including phenoxy) is 1. The first-order valence-corrected chi connectivity index (χ1v) is 7.76. The number of hydrazone groups is 1. The molecule has 0 radical (unpaired) electrons. The van der Waals surface area contributed by atoms with Gasteiger partial charge in [0, 0.05) is 5.69 Å². The topological polar surface area (TPSA) is 131 Å². The highest BCUT2D eigenvalue weighted by Crippen LogP contribution is 2.25. The monoisotopic (exact) mass is 354 g/mol. The molecule has 0 saturated carbocycles. The lowest BCUT2D eigenvalue weighted by Gasteiger charge is -2.25. The number of rotatable bonds is 2. The van der Waals surface area contributed by atoms with E-state index >= 15 is 0 Å². The van der Waals surface area contributed by atoms with Crippen LogP contribution in [-0.2, 0) is 16.1 Å². The largest absolute Gasteiger partial charge is 0.444 e. The third kappa shape index (κ3) is 4.95. The second-order valence-electron chi connectivity index (χ2n) is 6.55. The van der Waals surface area contributed by atoms with Gasteiger partial charge in [0.05, 0.1) is 12.2 Å². The van der Waals surface area contributed by atoms with Crippen LogP contribution in [0.3, 0.4) is 0 Å². The summed E-state index contributed by atoms with van der Waals surface area (Å²) in [6.07, 6.45) is -0.590. The van der Waals surface area contributed by atoms with Crippen LogP contribution in [0.2, 0.25) is 0 Å². The molecule has 1 aromatic rings. The summed E-state index contributed by atoms with van der Waals surface area (Å²) in [5.41, 5.74) is 3.35. The summed E-state index contributed by atoms with van der Waals surface area (Å²) < 4.78 is 5.33. The number of carbonyl (C=O) groups excluding carboxylic acids is 2. The van der Waals surface area contributed by atoms with Crippen molar-refractivity contribution in [2.45, 2.75) is 32.9 Å². The Bertz CT molecular complexity index is 826. The van der Waals surface area contributed by atoms with Gasteiger partial charge in [-0.25, -0.2) is 4.79 Å². The van der Waals surface area contributed by atoms with Crippen molar-refractivity contribution in [2.75, 3.05) is 17.3 Å². The quantitative estimate of drug-likeness (QED) is 0.618. The summed E-state index contributed by atoms with van der Waals surface area (Å²) in [5, 5.41) is 23.8. The number of hydrogen-bond acceptors (Lipinski definition) is 7. The lowest BCUT2D eigenvalue weighted by molar-refractivity contribution is -0.117. The minimum atomic E-state index is -0.675.